The second-order valence-electron chi connectivity index (χ2n) is 4.56. The molecule has 7 heteroatoms. The summed E-state index contributed by atoms with van der Waals surface area (Å²) < 4.78 is 1.74. The lowest BCUT2D eigenvalue weighted by molar-refractivity contribution is -0.384. The van der Waals surface area contributed by atoms with E-state index in [0.717, 1.165) is 22.3 Å². The van der Waals surface area contributed by atoms with Crippen LogP contribution in [-0.2, 0) is 6.54 Å². The molecule has 3 rings (SSSR count). The Balaban J connectivity index is 2.04. The Kier molecular flexibility index (Phi) is 3.23. The SMILES string of the molecule is CNc1ncccc1Cn1ncc2ccc([N+](=O)[O-])cc21. The van der Waals surface area contributed by atoms with Crippen molar-refractivity contribution in [1.29, 1.82) is 0 Å². The molecule has 2 heterocycles. The molecule has 1 aromatic carbocycles. The number of hydrogen-bond donors (Lipinski definition) is 1. The number of hydrogen-bond acceptors (Lipinski definition) is 5. The number of fused-ring (bicyclic) bond motifs is 1. The van der Waals surface area contributed by atoms with Gasteiger partial charge >= 0.3 is 0 Å². The molecule has 0 bridgehead atoms. The molecule has 0 amide bonds. The quantitative estimate of drug-likeness (QED) is 0.587. The first-order valence-corrected chi connectivity index (χ1v) is 6.40. The Morgan fingerprint density at radius 3 is 3.00 bits per heavy atom. The van der Waals surface area contributed by atoms with E-state index in [1.54, 1.807) is 30.2 Å². The fraction of sp³-hybridized carbons (Fsp3) is 0.143. The van der Waals surface area contributed by atoms with Gasteiger partial charge in [0, 0.05) is 36.3 Å². The second kappa shape index (κ2) is 5.20. The molecule has 0 aliphatic heterocycles. The summed E-state index contributed by atoms with van der Waals surface area (Å²) in [5, 5.41) is 19.1. The van der Waals surface area contributed by atoms with Gasteiger partial charge in [-0.15, -0.1) is 0 Å². The number of nitrogens with zero attached hydrogens (tertiary/aromatic N) is 4. The molecule has 0 saturated carbocycles. The Labute approximate surface area is 120 Å². The van der Waals surface area contributed by atoms with Crippen molar-refractivity contribution < 1.29 is 4.92 Å². The Bertz CT molecular complexity index is 812. The minimum Gasteiger partial charge on any atom is -0.373 e. The first-order valence-electron chi connectivity index (χ1n) is 6.40. The van der Waals surface area contributed by atoms with E-state index in [-0.39, 0.29) is 5.69 Å². The maximum Gasteiger partial charge on any atom is 0.271 e. The Hall–Kier alpha value is -2.96. The molecular weight excluding hydrogens is 270 g/mol. The molecule has 2 aromatic heterocycles. The lowest BCUT2D eigenvalue weighted by Crippen LogP contribution is -2.05. The highest BCUT2D eigenvalue weighted by Gasteiger charge is 2.11. The van der Waals surface area contributed by atoms with Gasteiger partial charge in [-0.05, 0) is 12.1 Å². The number of non-ortho nitro benzene ring substituents is 1. The van der Waals surface area contributed by atoms with Crippen LogP contribution in [0.4, 0.5) is 11.5 Å². The summed E-state index contributed by atoms with van der Waals surface area (Å²) in [5.41, 5.74) is 1.76. The third-order valence-electron chi connectivity index (χ3n) is 3.29. The van der Waals surface area contributed by atoms with Crippen LogP contribution in [0.15, 0.2) is 42.7 Å². The van der Waals surface area contributed by atoms with E-state index in [0.29, 0.717) is 6.54 Å². The maximum absolute atomic E-state index is 10.9. The summed E-state index contributed by atoms with van der Waals surface area (Å²) in [5.74, 6) is 0.770. The number of nitro benzene ring substituents is 1. The molecule has 7 nitrogen and oxygen atoms in total. The number of nitro groups is 1. The first kappa shape index (κ1) is 13.0. The molecule has 3 aromatic rings. The molecule has 0 radical (unpaired) electrons. The van der Waals surface area contributed by atoms with Gasteiger partial charge in [-0.3, -0.25) is 14.8 Å². The van der Waals surface area contributed by atoms with E-state index in [2.05, 4.69) is 15.4 Å². The van der Waals surface area contributed by atoms with E-state index in [4.69, 9.17) is 0 Å². The fourth-order valence-electron chi connectivity index (χ4n) is 2.25. The van der Waals surface area contributed by atoms with E-state index in [9.17, 15) is 10.1 Å². The molecule has 0 aliphatic rings. The topological polar surface area (TPSA) is 85.9 Å². The standard InChI is InChI=1S/C14H13N5O2/c1-15-14-11(3-2-6-16-14)9-18-13-7-12(19(20)21)5-4-10(13)8-17-18/h2-8H,9H2,1H3,(H,15,16). The van der Waals surface area contributed by atoms with Gasteiger partial charge in [0.05, 0.1) is 23.2 Å². The van der Waals surface area contributed by atoms with Crippen molar-refractivity contribution >= 4 is 22.4 Å². The van der Waals surface area contributed by atoms with Crippen molar-refractivity contribution in [2.24, 2.45) is 0 Å². The van der Waals surface area contributed by atoms with Crippen molar-refractivity contribution in [3.8, 4) is 0 Å². The van der Waals surface area contributed by atoms with Gasteiger partial charge in [-0.25, -0.2) is 4.98 Å². The molecule has 0 spiro atoms. The lowest BCUT2D eigenvalue weighted by Gasteiger charge is -2.08. The maximum atomic E-state index is 10.9. The predicted molar refractivity (Wildman–Crippen MR) is 79.3 cm³/mol. The number of anilines is 1. The van der Waals surface area contributed by atoms with Crippen LogP contribution in [0.2, 0.25) is 0 Å². The van der Waals surface area contributed by atoms with Crippen molar-refractivity contribution in [3.63, 3.8) is 0 Å². The van der Waals surface area contributed by atoms with Gasteiger partial charge in [0.1, 0.15) is 5.82 Å². The molecule has 0 atom stereocenters. The summed E-state index contributed by atoms with van der Waals surface area (Å²) in [6.45, 7) is 0.495. The average molecular weight is 283 g/mol. The van der Waals surface area contributed by atoms with Crippen LogP contribution < -0.4 is 5.32 Å². The van der Waals surface area contributed by atoms with Gasteiger partial charge in [0.2, 0.25) is 0 Å². The minimum absolute atomic E-state index is 0.0595. The van der Waals surface area contributed by atoms with Crippen LogP contribution in [-0.4, -0.2) is 26.7 Å². The van der Waals surface area contributed by atoms with Gasteiger partial charge < -0.3 is 5.32 Å². The first-order chi connectivity index (χ1) is 10.2. The molecule has 0 aliphatic carbocycles. The average Bonchev–Trinajstić information content (AvgIpc) is 2.90. The van der Waals surface area contributed by atoms with Crippen molar-refractivity contribution in [3.05, 3.63) is 58.4 Å². The van der Waals surface area contributed by atoms with Gasteiger partial charge in [-0.1, -0.05) is 6.07 Å². The number of aromatic nitrogens is 3. The van der Waals surface area contributed by atoms with Crippen LogP contribution >= 0.6 is 0 Å². The van der Waals surface area contributed by atoms with Crippen LogP contribution in [0.25, 0.3) is 10.9 Å². The predicted octanol–water partition coefficient (Wildman–Crippen LogP) is 2.43. The highest BCUT2D eigenvalue weighted by Crippen LogP contribution is 2.22. The van der Waals surface area contributed by atoms with E-state index < -0.39 is 4.92 Å². The van der Waals surface area contributed by atoms with Crippen molar-refractivity contribution in [2.45, 2.75) is 6.54 Å². The zero-order valence-corrected chi connectivity index (χ0v) is 11.4. The third kappa shape index (κ3) is 2.40. The highest BCUT2D eigenvalue weighted by molar-refractivity contribution is 5.81. The smallest absolute Gasteiger partial charge is 0.271 e. The monoisotopic (exact) mass is 283 g/mol. The zero-order chi connectivity index (χ0) is 14.8. The summed E-state index contributed by atoms with van der Waals surface area (Å²) in [4.78, 5) is 14.7. The molecule has 0 unspecified atom stereocenters. The summed E-state index contributed by atoms with van der Waals surface area (Å²) in [6.07, 6.45) is 3.41. The van der Waals surface area contributed by atoms with E-state index in [1.165, 1.54) is 12.1 Å². The van der Waals surface area contributed by atoms with Gasteiger partial charge in [-0.2, -0.15) is 5.10 Å². The molecule has 0 fully saturated rings. The largest absolute Gasteiger partial charge is 0.373 e. The lowest BCUT2D eigenvalue weighted by atomic mass is 10.2. The number of rotatable bonds is 4. The normalized spacial score (nSPS) is 10.7. The second-order valence-corrected chi connectivity index (χ2v) is 4.56. The van der Waals surface area contributed by atoms with Gasteiger partial charge in [0.15, 0.2) is 0 Å². The Morgan fingerprint density at radius 1 is 1.38 bits per heavy atom. The summed E-state index contributed by atoms with van der Waals surface area (Å²) >= 11 is 0. The van der Waals surface area contributed by atoms with Crippen LogP contribution in [0.5, 0.6) is 0 Å². The fourth-order valence-corrected chi connectivity index (χ4v) is 2.25. The van der Waals surface area contributed by atoms with E-state index >= 15 is 0 Å². The molecule has 106 valence electrons. The minimum atomic E-state index is -0.403. The number of nitrogens with one attached hydrogen (secondary N) is 1. The van der Waals surface area contributed by atoms with Crippen LogP contribution in [0.1, 0.15) is 5.56 Å². The molecular formula is C14H13N5O2. The highest BCUT2D eigenvalue weighted by atomic mass is 16.6. The zero-order valence-electron chi connectivity index (χ0n) is 11.4. The van der Waals surface area contributed by atoms with Crippen LogP contribution in [0, 0.1) is 10.1 Å². The summed E-state index contributed by atoms with van der Waals surface area (Å²) in [6, 6.07) is 8.53. The molecule has 1 N–H and O–H groups in total. The number of benzene rings is 1. The van der Waals surface area contributed by atoms with Crippen molar-refractivity contribution in [2.75, 3.05) is 12.4 Å². The van der Waals surface area contributed by atoms with Gasteiger partial charge in [0.25, 0.3) is 5.69 Å². The van der Waals surface area contributed by atoms with E-state index in [1.807, 2.05) is 12.1 Å². The van der Waals surface area contributed by atoms with Crippen molar-refractivity contribution in [1.82, 2.24) is 14.8 Å². The Morgan fingerprint density at radius 2 is 2.24 bits per heavy atom. The van der Waals surface area contributed by atoms with Crippen LogP contribution in [0.3, 0.4) is 0 Å². The molecule has 0 saturated heterocycles. The molecule has 21 heavy (non-hydrogen) atoms. The number of pyridine rings is 1. The third-order valence-corrected chi connectivity index (χ3v) is 3.29. The summed E-state index contributed by atoms with van der Waals surface area (Å²) in [7, 11) is 1.80.